The van der Waals surface area contributed by atoms with Crippen LogP contribution in [0, 0.1) is 0 Å². The molecule has 5 atom stereocenters. The van der Waals surface area contributed by atoms with E-state index >= 15 is 0 Å². The third-order valence-electron chi connectivity index (χ3n) is 2.91. The molecule has 1 fully saturated rings. The molecular formula is C12H20O6. The van der Waals surface area contributed by atoms with E-state index in [9.17, 15) is 15.3 Å². The molecule has 18 heavy (non-hydrogen) atoms. The Labute approximate surface area is 106 Å². The molecule has 0 aromatic rings. The van der Waals surface area contributed by atoms with Gasteiger partial charge in [-0.05, 0) is 0 Å². The summed E-state index contributed by atoms with van der Waals surface area (Å²) in [4.78, 5) is 0. The zero-order valence-electron chi connectivity index (χ0n) is 10.1. The monoisotopic (exact) mass is 260 g/mol. The lowest BCUT2D eigenvalue weighted by atomic mass is 9.90. The van der Waals surface area contributed by atoms with Crippen molar-refractivity contribution in [3.8, 4) is 0 Å². The first-order chi connectivity index (χ1) is 8.52. The molecule has 0 bridgehead atoms. The van der Waals surface area contributed by atoms with Gasteiger partial charge in [-0.2, -0.15) is 0 Å². The van der Waals surface area contributed by atoms with Crippen molar-refractivity contribution < 1.29 is 29.9 Å². The molecule has 104 valence electrons. The highest BCUT2D eigenvalue weighted by molar-refractivity contribution is 5.00. The minimum absolute atomic E-state index is 0.0892. The van der Waals surface area contributed by atoms with E-state index in [4.69, 9.17) is 14.6 Å². The third kappa shape index (κ3) is 2.80. The van der Waals surface area contributed by atoms with Gasteiger partial charge in [0.25, 0.3) is 0 Å². The third-order valence-corrected chi connectivity index (χ3v) is 2.91. The molecule has 0 saturated carbocycles. The molecule has 1 heterocycles. The molecule has 6 nitrogen and oxygen atoms in total. The highest BCUT2D eigenvalue weighted by Crippen LogP contribution is 2.34. The lowest BCUT2D eigenvalue weighted by Gasteiger charge is -2.47. The van der Waals surface area contributed by atoms with Crippen molar-refractivity contribution >= 4 is 0 Å². The van der Waals surface area contributed by atoms with Gasteiger partial charge in [-0.15, -0.1) is 13.2 Å². The molecule has 1 saturated heterocycles. The van der Waals surface area contributed by atoms with E-state index in [0.29, 0.717) is 0 Å². The Kier molecular flexibility index (Phi) is 5.46. The fraction of sp³-hybridized carbons (Fsp3) is 0.667. The van der Waals surface area contributed by atoms with Crippen molar-refractivity contribution in [2.24, 2.45) is 0 Å². The molecule has 0 aliphatic carbocycles. The van der Waals surface area contributed by atoms with Crippen LogP contribution in [0.2, 0.25) is 0 Å². The molecule has 0 aromatic carbocycles. The molecule has 6 heteroatoms. The summed E-state index contributed by atoms with van der Waals surface area (Å²) < 4.78 is 10.8. The maximum atomic E-state index is 10.0. The van der Waals surface area contributed by atoms with Gasteiger partial charge in [-0.3, -0.25) is 0 Å². The van der Waals surface area contributed by atoms with E-state index in [-0.39, 0.29) is 13.0 Å². The van der Waals surface area contributed by atoms with Crippen molar-refractivity contribution in [3.63, 3.8) is 0 Å². The van der Waals surface area contributed by atoms with Crippen LogP contribution >= 0.6 is 0 Å². The van der Waals surface area contributed by atoms with Gasteiger partial charge in [0.1, 0.15) is 24.4 Å². The van der Waals surface area contributed by atoms with Gasteiger partial charge in [-0.25, -0.2) is 0 Å². The fourth-order valence-electron chi connectivity index (χ4n) is 1.96. The van der Waals surface area contributed by atoms with Gasteiger partial charge < -0.3 is 29.9 Å². The Balaban J connectivity index is 2.97. The second-order valence-corrected chi connectivity index (χ2v) is 4.17. The lowest BCUT2D eigenvalue weighted by molar-refractivity contribution is -0.360. The highest BCUT2D eigenvalue weighted by atomic mass is 16.7. The molecule has 0 spiro atoms. The molecule has 1 aliphatic heterocycles. The number of aliphatic hydroxyl groups excluding tert-OH is 4. The molecule has 1 rings (SSSR count). The fourth-order valence-corrected chi connectivity index (χ4v) is 1.96. The van der Waals surface area contributed by atoms with Gasteiger partial charge in [-0.1, -0.05) is 12.2 Å². The van der Waals surface area contributed by atoms with Gasteiger partial charge >= 0.3 is 0 Å². The molecule has 1 aliphatic rings. The molecular weight excluding hydrogens is 240 g/mol. The average molecular weight is 260 g/mol. The Morgan fingerprint density at radius 2 is 1.83 bits per heavy atom. The SMILES string of the molecule is C=CCOC1(CC=C)O[C@H](CO)[C@H](O)[C@H](O)[C@H]1O. The Hall–Kier alpha value is -0.760. The first-order valence-corrected chi connectivity index (χ1v) is 5.71. The van der Waals surface area contributed by atoms with Crippen molar-refractivity contribution in [3.05, 3.63) is 25.3 Å². The summed E-state index contributed by atoms with van der Waals surface area (Å²) in [6.07, 6.45) is -2.31. The van der Waals surface area contributed by atoms with Crippen molar-refractivity contribution in [1.82, 2.24) is 0 Å². The predicted octanol–water partition coefficient (Wildman–Crippen LogP) is -1.06. The zero-order valence-corrected chi connectivity index (χ0v) is 10.1. The van der Waals surface area contributed by atoms with E-state index < -0.39 is 36.8 Å². The highest BCUT2D eigenvalue weighted by Gasteiger charge is 2.53. The van der Waals surface area contributed by atoms with Gasteiger partial charge in [0.15, 0.2) is 0 Å². The van der Waals surface area contributed by atoms with Gasteiger partial charge in [0, 0.05) is 6.42 Å². The van der Waals surface area contributed by atoms with Crippen LogP contribution in [-0.4, -0.2) is 63.8 Å². The summed E-state index contributed by atoms with van der Waals surface area (Å²) in [5.41, 5.74) is 0. The van der Waals surface area contributed by atoms with Crippen LogP contribution in [0.25, 0.3) is 0 Å². The normalized spacial score (nSPS) is 40.4. The number of hydrogen-bond donors (Lipinski definition) is 4. The predicted molar refractivity (Wildman–Crippen MR) is 63.7 cm³/mol. The van der Waals surface area contributed by atoms with Crippen LogP contribution in [0.4, 0.5) is 0 Å². The Morgan fingerprint density at radius 1 is 1.17 bits per heavy atom. The lowest BCUT2D eigenvalue weighted by Crippen LogP contribution is -2.66. The summed E-state index contributed by atoms with van der Waals surface area (Å²) in [5, 5.41) is 38.5. The Morgan fingerprint density at radius 3 is 2.33 bits per heavy atom. The second kappa shape index (κ2) is 6.42. The van der Waals surface area contributed by atoms with Gasteiger partial charge in [0.05, 0.1) is 13.2 Å². The van der Waals surface area contributed by atoms with Crippen LogP contribution in [0.15, 0.2) is 25.3 Å². The second-order valence-electron chi connectivity index (χ2n) is 4.17. The minimum Gasteiger partial charge on any atom is -0.394 e. The van der Waals surface area contributed by atoms with E-state index in [1.54, 1.807) is 0 Å². The number of rotatable bonds is 6. The summed E-state index contributed by atoms with van der Waals surface area (Å²) in [6, 6.07) is 0. The van der Waals surface area contributed by atoms with Crippen LogP contribution in [0.5, 0.6) is 0 Å². The maximum Gasteiger partial charge on any atom is 0.201 e. The number of ether oxygens (including phenoxy) is 2. The molecule has 1 unspecified atom stereocenters. The summed E-state index contributed by atoms with van der Waals surface area (Å²) in [5.74, 6) is -1.54. The van der Waals surface area contributed by atoms with Crippen LogP contribution in [0.3, 0.4) is 0 Å². The van der Waals surface area contributed by atoms with E-state index in [2.05, 4.69) is 13.2 Å². The molecule has 0 radical (unpaired) electrons. The number of aliphatic hydroxyl groups is 4. The summed E-state index contributed by atoms with van der Waals surface area (Å²) in [6.45, 7) is 6.61. The summed E-state index contributed by atoms with van der Waals surface area (Å²) in [7, 11) is 0. The topological polar surface area (TPSA) is 99.4 Å². The van der Waals surface area contributed by atoms with Crippen LogP contribution < -0.4 is 0 Å². The van der Waals surface area contributed by atoms with Crippen LogP contribution in [0.1, 0.15) is 6.42 Å². The Bertz CT molecular complexity index is 292. The number of hydrogen-bond acceptors (Lipinski definition) is 6. The first-order valence-electron chi connectivity index (χ1n) is 5.71. The van der Waals surface area contributed by atoms with E-state index in [1.807, 2.05) is 0 Å². The van der Waals surface area contributed by atoms with Crippen LogP contribution in [-0.2, 0) is 9.47 Å². The molecule has 0 amide bonds. The van der Waals surface area contributed by atoms with Crippen molar-refractivity contribution in [2.45, 2.75) is 36.6 Å². The molecule has 4 N–H and O–H groups in total. The summed E-state index contributed by atoms with van der Waals surface area (Å²) >= 11 is 0. The van der Waals surface area contributed by atoms with E-state index in [0.717, 1.165) is 0 Å². The van der Waals surface area contributed by atoms with Crippen molar-refractivity contribution in [2.75, 3.05) is 13.2 Å². The zero-order chi connectivity index (χ0) is 13.8. The van der Waals surface area contributed by atoms with E-state index in [1.165, 1.54) is 12.2 Å². The minimum atomic E-state index is -1.54. The van der Waals surface area contributed by atoms with Crippen molar-refractivity contribution in [1.29, 1.82) is 0 Å². The standard InChI is InChI=1S/C12H20O6/c1-3-5-12(17-6-4-2)11(16)10(15)9(14)8(7-13)18-12/h3-4,8-11,13-16H,1-2,5-7H2/t8-,9+,10+,11-,12?/m1/s1. The quantitative estimate of drug-likeness (QED) is 0.454. The average Bonchev–Trinajstić information content (AvgIpc) is 2.38. The first kappa shape index (κ1) is 15.3. The maximum absolute atomic E-state index is 10.0. The smallest absolute Gasteiger partial charge is 0.201 e. The van der Waals surface area contributed by atoms with Gasteiger partial charge in [0.2, 0.25) is 5.79 Å². The molecule has 0 aromatic heterocycles. The largest absolute Gasteiger partial charge is 0.394 e.